The lowest BCUT2D eigenvalue weighted by molar-refractivity contribution is -0.384. The Morgan fingerprint density at radius 1 is 1.48 bits per heavy atom. The number of rotatable bonds is 4. The Balaban J connectivity index is 0.00000220. The molecule has 0 aromatic heterocycles. The lowest BCUT2D eigenvalue weighted by Crippen LogP contribution is -2.53. The molecule has 0 saturated carbocycles. The largest absolute Gasteiger partial charge is 0.484 e. The van der Waals surface area contributed by atoms with Crippen LogP contribution in [0, 0.1) is 10.1 Å². The number of hydrogen-bond acceptors (Lipinski definition) is 5. The van der Waals surface area contributed by atoms with Gasteiger partial charge in [-0.2, -0.15) is 0 Å². The topological polar surface area (TPSA) is 84.7 Å². The summed E-state index contributed by atoms with van der Waals surface area (Å²) in [6.45, 7) is 4.17. The summed E-state index contributed by atoms with van der Waals surface area (Å²) in [5, 5.41) is 13.7. The average molecular weight is 316 g/mol. The Bertz CT molecular complexity index is 495. The molecule has 8 heteroatoms. The van der Waals surface area contributed by atoms with Crippen LogP contribution in [0.3, 0.4) is 0 Å². The minimum absolute atomic E-state index is 0. The third-order valence-corrected chi connectivity index (χ3v) is 3.23. The second-order valence-corrected chi connectivity index (χ2v) is 4.68. The number of nitrogens with one attached hydrogen (secondary N) is 1. The summed E-state index contributed by atoms with van der Waals surface area (Å²) < 4.78 is 5.37. The number of nitrogens with zero attached hydrogens (tertiary/aromatic N) is 2. The van der Waals surface area contributed by atoms with Gasteiger partial charge < -0.3 is 15.0 Å². The van der Waals surface area contributed by atoms with Crippen LogP contribution in [0.1, 0.15) is 6.92 Å². The fourth-order valence-electron chi connectivity index (χ4n) is 2.10. The van der Waals surface area contributed by atoms with Crippen molar-refractivity contribution in [1.82, 2.24) is 10.2 Å². The molecule has 1 aromatic rings. The lowest BCUT2D eigenvalue weighted by Gasteiger charge is -2.33. The molecule has 0 radical (unpaired) electrons. The van der Waals surface area contributed by atoms with Gasteiger partial charge >= 0.3 is 0 Å². The molecular weight excluding hydrogens is 298 g/mol. The number of piperazine rings is 1. The van der Waals surface area contributed by atoms with Crippen LogP contribution in [-0.2, 0) is 4.79 Å². The number of benzene rings is 1. The maximum absolute atomic E-state index is 12.0. The zero-order valence-electron chi connectivity index (χ0n) is 11.7. The van der Waals surface area contributed by atoms with Gasteiger partial charge in [-0.15, -0.1) is 12.4 Å². The van der Waals surface area contributed by atoms with Gasteiger partial charge in [0, 0.05) is 37.8 Å². The highest BCUT2D eigenvalue weighted by Crippen LogP contribution is 2.17. The smallest absolute Gasteiger partial charge is 0.269 e. The molecule has 1 heterocycles. The van der Waals surface area contributed by atoms with Crippen molar-refractivity contribution in [2.45, 2.75) is 13.0 Å². The van der Waals surface area contributed by atoms with Gasteiger partial charge in [-0.3, -0.25) is 14.9 Å². The van der Waals surface area contributed by atoms with Crippen LogP contribution in [0.2, 0.25) is 0 Å². The fourth-order valence-corrected chi connectivity index (χ4v) is 2.10. The van der Waals surface area contributed by atoms with Gasteiger partial charge in [-0.05, 0) is 19.1 Å². The molecule has 0 bridgehead atoms. The van der Waals surface area contributed by atoms with Crippen molar-refractivity contribution in [2.75, 3.05) is 26.2 Å². The second-order valence-electron chi connectivity index (χ2n) is 4.68. The van der Waals surface area contributed by atoms with Crippen LogP contribution in [0.5, 0.6) is 5.75 Å². The highest BCUT2D eigenvalue weighted by Gasteiger charge is 2.23. The Morgan fingerprint density at radius 2 is 2.14 bits per heavy atom. The standard InChI is InChI=1S/C13H17N3O4.ClH/c1-10-8-14-6-7-15(10)13(17)9-20-12-4-2-11(3-5-12)16(18)19;/h2-5,10,14H,6-9H2,1H3;1H/t10-;/m1./s1. The quantitative estimate of drug-likeness (QED) is 0.667. The van der Waals surface area contributed by atoms with Gasteiger partial charge in [-0.1, -0.05) is 0 Å². The van der Waals surface area contributed by atoms with Gasteiger partial charge in [0.2, 0.25) is 0 Å². The van der Waals surface area contributed by atoms with E-state index in [-0.39, 0.29) is 36.7 Å². The molecule has 0 spiro atoms. The SMILES string of the molecule is C[C@@H]1CNCCN1C(=O)COc1ccc([N+](=O)[O-])cc1.Cl. The van der Waals surface area contributed by atoms with E-state index in [0.717, 1.165) is 13.1 Å². The predicted molar refractivity (Wildman–Crippen MR) is 79.9 cm³/mol. The van der Waals surface area contributed by atoms with Crippen molar-refractivity contribution in [1.29, 1.82) is 0 Å². The van der Waals surface area contributed by atoms with E-state index in [0.29, 0.717) is 12.3 Å². The third kappa shape index (κ3) is 4.57. The van der Waals surface area contributed by atoms with E-state index < -0.39 is 4.92 Å². The summed E-state index contributed by atoms with van der Waals surface area (Å²) in [6.07, 6.45) is 0. The van der Waals surface area contributed by atoms with Crippen molar-refractivity contribution in [3.63, 3.8) is 0 Å². The number of nitro groups is 1. The Hall–Kier alpha value is -1.86. The number of carbonyl (C=O) groups is 1. The van der Waals surface area contributed by atoms with Crippen LogP contribution >= 0.6 is 12.4 Å². The molecule has 0 unspecified atom stereocenters. The molecule has 2 rings (SSSR count). The summed E-state index contributed by atoms with van der Waals surface area (Å²) in [5.41, 5.74) is -0.000552. The zero-order valence-corrected chi connectivity index (χ0v) is 12.5. The van der Waals surface area contributed by atoms with E-state index >= 15 is 0 Å². The summed E-state index contributed by atoms with van der Waals surface area (Å²) in [4.78, 5) is 23.8. The molecule has 1 aromatic carbocycles. The Morgan fingerprint density at radius 3 is 2.71 bits per heavy atom. The molecule has 1 amide bonds. The van der Waals surface area contributed by atoms with Crippen molar-refractivity contribution in [3.8, 4) is 5.75 Å². The van der Waals surface area contributed by atoms with Gasteiger partial charge in [-0.25, -0.2) is 0 Å². The van der Waals surface area contributed by atoms with Gasteiger partial charge in [0.05, 0.1) is 4.92 Å². The van der Waals surface area contributed by atoms with Gasteiger partial charge in [0.1, 0.15) is 5.75 Å². The number of halogens is 1. The van der Waals surface area contributed by atoms with Crippen LogP contribution in [0.15, 0.2) is 24.3 Å². The first-order chi connectivity index (χ1) is 9.58. The lowest BCUT2D eigenvalue weighted by atomic mass is 10.2. The Kier molecular flexibility index (Phi) is 6.39. The van der Waals surface area contributed by atoms with Crippen LogP contribution in [0.25, 0.3) is 0 Å². The van der Waals surface area contributed by atoms with Crippen LogP contribution < -0.4 is 10.1 Å². The second kappa shape index (κ2) is 7.80. The molecule has 1 fully saturated rings. The van der Waals surface area contributed by atoms with Crippen LogP contribution in [-0.4, -0.2) is 48.0 Å². The first kappa shape index (κ1) is 17.2. The molecule has 0 aliphatic carbocycles. The number of non-ortho nitro benzene ring substituents is 1. The summed E-state index contributed by atoms with van der Waals surface area (Å²) >= 11 is 0. The van der Waals surface area contributed by atoms with Gasteiger partial charge in [0.15, 0.2) is 6.61 Å². The van der Waals surface area contributed by atoms with Crippen molar-refractivity contribution < 1.29 is 14.5 Å². The molecule has 21 heavy (non-hydrogen) atoms. The highest BCUT2D eigenvalue weighted by atomic mass is 35.5. The van der Waals surface area contributed by atoms with Crippen LogP contribution in [0.4, 0.5) is 5.69 Å². The first-order valence-electron chi connectivity index (χ1n) is 6.45. The number of carbonyl (C=O) groups excluding carboxylic acids is 1. The number of amides is 1. The number of nitro benzene ring substituents is 1. The van der Waals surface area contributed by atoms with E-state index in [9.17, 15) is 14.9 Å². The van der Waals surface area contributed by atoms with Crippen molar-refractivity contribution in [2.24, 2.45) is 0 Å². The molecule has 116 valence electrons. The number of hydrogen-bond donors (Lipinski definition) is 1. The van der Waals surface area contributed by atoms with E-state index in [1.165, 1.54) is 24.3 Å². The monoisotopic (exact) mass is 315 g/mol. The Labute approximate surface area is 128 Å². The fraction of sp³-hybridized carbons (Fsp3) is 0.462. The summed E-state index contributed by atoms with van der Waals surface area (Å²) in [7, 11) is 0. The average Bonchev–Trinajstić information content (AvgIpc) is 2.45. The minimum atomic E-state index is -0.475. The zero-order chi connectivity index (χ0) is 14.5. The molecule has 7 nitrogen and oxygen atoms in total. The molecule has 1 atom stereocenters. The highest BCUT2D eigenvalue weighted by molar-refractivity contribution is 5.85. The molecule has 1 saturated heterocycles. The van der Waals surface area contributed by atoms with E-state index in [1.54, 1.807) is 4.90 Å². The van der Waals surface area contributed by atoms with E-state index in [1.807, 2.05) is 6.92 Å². The minimum Gasteiger partial charge on any atom is -0.484 e. The maximum atomic E-state index is 12.0. The summed E-state index contributed by atoms with van der Waals surface area (Å²) in [5.74, 6) is 0.379. The normalized spacial score (nSPS) is 17.8. The van der Waals surface area contributed by atoms with Crippen molar-refractivity contribution in [3.05, 3.63) is 34.4 Å². The molecule has 1 aliphatic rings. The first-order valence-corrected chi connectivity index (χ1v) is 6.45. The maximum Gasteiger partial charge on any atom is 0.269 e. The van der Waals surface area contributed by atoms with E-state index in [4.69, 9.17) is 4.74 Å². The number of ether oxygens (including phenoxy) is 1. The molecule has 1 N–H and O–H groups in total. The van der Waals surface area contributed by atoms with Crippen molar-refractivity contribution >= 4 is 24.0 Å². The predicted octanol–water partition coefficient (Wildman–Crippen LogP) is 1.22. The van der Waals surface area contributed by atoms with E-state index in [2.05, 4.69) is 5.32 Å². The molecular formula is C13H18ClN3O4. The van der Waals surface area contributed by atoms with Gasteiger partial charge in [0.25, 0.3) is 11.6 Å². The molecule has 1 aliphatic heterocycles. The third-order valence-electron chi connectivity index (χ3n) is 3.23. The summed E-state index contributed by atoms with van der Waals surface area (Å²) in [6, 6.07) is 5.84.